The first kappa shape index (κ1) is 31.1. The number of benzene rings is 4. The van der Waals surface area contributed by atoms with Crippen LogP contribution in [0.5, 0.6) is 0 Å². The van der Waals surface area contributed by atoms with Crippen LogP contribution in [-0.2, 0) is 14.2 Å². The average Bonchev–Trinajstić information content (AvgIpc) is 3.68. The zero-order valence-corrected chi connectivity index (χ0v) is 33.7. The molecule has 0 bridgehead atoms. The molecule has 1 saturated carbocycles. The summed E-state index contributed by atoms with van der Waals surface area (Å²) in [6, 6.07) is 28.1. The molecule has 0 heterocycles. The number of hydrogen-bond acceptors (Lipinski definition) is 0. The molecule has 7 rings (SSSR count). The second kappa shape index (κ2) is 9.51. The monoisotopic (exact) mass is 776 g/mol. The van der Waals surface area contributed by atoms with Crippen molar-refractivity contribution < 1.29 is 14.2 Å². The molecule has 0 radical (unpaired) electrons. The topological polar surface area (TPSA) is 0 Å². The Hall–Kier alpha value is -2.55. The molecule has 3 aliphatic carbocycles. The Balaban J connectivity index is 1.49. The fourth-order valence-corrected chi connectivity index (χ4v) is 56.7. The number of rotatable bonds is 5. The molecule has 45 heavy (non-hydrogen) atoms. The van der Waals surface area contributed by atoms with E-state index in [1.54, 1.807) is 11.1 Å². The third-order valence-corrected chi connectivity index (χ3v) is 67.9. The molecule has 0 aliphatic heterocycles. The number of hydrogen-bond donors (Lipinski definition) is 0. The van der Waals surface area contributed by atoms with Crippen molar-refractivity contribution in [2.24, 2.45) is 0 Å². The molecule has 0 N–H and O–H groups in total. The zero-order valence-electron chi connectivity index (χ0n) is 28.7. The van der Waals surface area contributed by atoms with Crippen molar-refractivity contribution in [2.75, 3.05) is 0 Å². The van der Waals surface area contributed by atoms with Gasteiger partial charge in [0, 0.05) is 0 Å². The van der Waals surface area contributed by atoms with Gasteiger partial charge in [-0.25, -0.2) is 0 Å². The molecule has 4 aromatic rings. The quantitative estimate of drug-likeness (QED) is 0.177. The Morgan fingerprint density at radius 3 is 1.38 bits per heavy atom. The van der Waals surface area contributed by atoms with E-state index in [-0.39, 0.29) is 0 Å². The van der Waals surface area contributed by atoms with E-state index in [1.807, 2.05) is 0 Å². The van der Waals surface area contributed by atoms with E-state index in [4.69, 9.17) is 0 Å². The van der Waals surface area contributed by atoms with Crippen LogP contribution in [0.3, 0.4) is 0 Å². The first-order chi connectivity index (χ1) is 21.2. The van der Waals surface area contributed by atoms with Crippen LogP contribution in [-0.4, -0.2) is 6.94 Å². The molecule has 2 unspecified atom stereocenters. The van der Waals surface area contributed by atoms with E-state index in [9.17, 15) is 0 Å². The molecule has 4 aromatic carbocycles. The van der Waals surface area contributed by atoms with Gasteiger partial charge in [-0.05, 0) is 0 Å². The van der Waals surface area contributed by atoms with Gasteiger partial charge in [0.05, 0.1) is 0 Å². The van der Waals surface area contributed by atoms with Crippen molar-refractivity contribution in [3.63, 3.8) is 0 Å². The predicted octanol–water partition coefficient (Wildman–Crippen LogP) is 12.3. The Morgan fingerprint density at radius 1 is 0.533 bits per heavy atom. The fraction of sp³-hybridized carbons (Fsp3) is 0.349. The van der Waals surface area contributed by atoms with Crippen LogP contribution in [0, 0.1) is 27.7 Å². The van der Waals surface area contributed by atoms with E-state index < -0.39 is 14.2 Å². The Labute approximate surface area is 268 Å². The molecular formula is C43H52HfSi. The Bertz CT molecular complexity index is 1950. The van der Waals surface area contributed by atoms with Crippen LogP contribution in [0.1, 0.15) is 84.0 Å². The first-order valence-electron chi connectivity index (χ1n) is 17.5. The minimum absolute atomic E-state index is 0.445. The van der Waals surface area contributed by atoms with Crippen LogP contribution >= 0.6 is 0 Å². The van der Waals surface area contributed by atoms with Crippen LogP contribution in [0.15, 0.2) is 84.9 Å². The van der Waals surface area contributed by atoms with Gasteiger partial charge in [0.1, 0.15) is 0 Å². The van der Waals surface area contributed by atoms with Crippen molar-refractivity contribution in [3.05, 3.63) is 129 Å². The molecule has 1 fully saturated rings. The van der Waals surface area contributed by atoms with Gasteiger partial charge in [-0.3, -0.25) is 0 Å². The fourth-order valence-electron chi connectivity index (χ4n) is 10.9. The van der Waals surface area contributed by atoms with Gasteiger partial charge in [0.2, 0.25) is 0 Å². The van der Waals surface area contributed by atoms with Crippen LogP contribution in [0.4, 0.5) is 0 Å². The summed E-state index contributed by atoms with van der Waals surface area (Å²) >= 11 is -5.08. The predicted molar refractivity (Wildman–Crippen MR) is 199 cm³/mol. The van der Waals surface area contributed by atoms with E-state index in [2.05, 4.69) is 146 Å². The molecule has 0 spiro atoms. The van der Waals surface area contributed by atoms with Crippen molar-refractivity contribution in [1.82, 2.24) is 0 Å². The number of fused-ring (bicyclic) bond motifs is 2. The van der Waals surface area contributed by atoms with Crippen molar-refractivity contribution in [1.29, 1.82) is 0 Å². The molecule has 0 saturated heterocycles. The van der Waals surface area contributed by atoms with E-state index in [0.717, 1.165) is 3.67 Å². The summed E-state index contributed by atoms with van der Waals surface area (Å²) in [5.41, 5.74) is 17.2. The van der Waals surface area contributed by atoms with Crippen molar-refractivity contribution in [2.45, 2.75) is 84.9 Å². The molecule has 3 aliphatic rings. The summed E-state index contributed by atoms with van der Waals surface area (Å²) in [7, 11) is 0. The summed E-state index contributed by atoms with van der Waals surface area (Å²) in [4.78, 5) is 0. The molecular weight excluding hydrogens is 723 g/mol. The van der Waals surface area contributed by atoms with Crippen molar-refractivity contribution in [3.8, 4) is 22.3 Å². The van der Waals surface area contributed by atoms with Crippen LogP contribution < -0.4 is 0 Å². The second-order valence-corrected chi connectivity index (χ2v) is 98.2. The summed E-state index contributed by atoms with van der Waals surface area (Å²) in [6.07, 6.45) is 17.3. The van der Waals surface area contributed by atoms with Gasteiger partial charge in [-0.15, -0.1) is 0 Å². The maximum absolute atomic E-state index is 5.08. The molecule has 0 aromatic heterocycles. The molecule has 0 nitrogen and oxygen atoms in total. The van der Waals surface area contributed by atoms with Crippen molar-refractivity contribution >= 4 is 19.1 Å². The van der Waals surface area contributed by atoms with Gasteiger partial charge < -0.3 is 0 Å². The van der Waals surface area contributed by atoms with Gasteiger partial charge in [-0.1, -0.05) is 0 Å². The Kier molecular flexibility index (Phi) is 6.56. The first-order valence-corrected chi connectivity index (χ1v) is 42.8. The van der Waals surface area contributed by atoms with Crippen LogP contribution in [0.2, 0.25) is 17.7 Å². The van der Waals surface area contributed by atoms with Gasteiger partial charge in [-0.2, -0.15) is 0 Å². The second-order valence-electron chi connectivity index (χ2n) is 18.4. The number of allylic oxidation sites excluding steroid dienone is 2. The van der Waals surface area contributed by atoms with E-state index >= 15 is 0 Å². The third kappa shape index (κ3) is 4.23. The zero-order chi connectivity index (χ0) is 31.9. The van der Waals surface area contributed by atoms with E-state index in [0.29, 0.717) is 7.35 Å². The summed E-state index contributed by atoms with van der Waals surface area (Å²) in [6.45, 7) is 11.7. The molecule has 232 valence electrons. The average molecular weight is 775 g/mol. The van der Waals surface area contributed by atoms with Gasteiger partial charge in [0.15, 0.2) is 0 Å². The minimum atomic E-state index is -5.08. The van der Waals surface area contributed by atoms with Gasteiger partial charge >= 0.3 is 270 Å². The number of aryl methyl sites for hydroxylation is 2. The summed E-state index contributed by atoms with van der Waals surface area (Å²) in [5.74, 6) is 0. The normalized spacial score (nSPS) is 21.9. The molecule has 0 amide bonds. The SMILES string of the molecule is Cc1cccc(-c2cccc3c2C=C[CH]3[Hf]([CH3])([CH3])([CH3])(=[SiH2])([CH]2CCCCC2)[CH]2C=Cc3c(-c4cccc(C)c4C)cccc32)c1C. The van der Waals surface area contributed by atoms with Gasteiger partial charge in [0.25, 0.3) is 0 Å². The maximum atomic E-state index is 2.92. The summed E-state index contributed by atoms with van der Waals surface area (Å²) < 4.78 is 10.4. The van der Waals surface area contributed by atoms with Crippen LogP contribution in [0.25, 0.3) is 34.4 Å². The molecule has 2 atom stereocenters. The Morgan fingerprint density at radius 2 is 0.933 bits per heavy atom. The standard InChI is InChI=1S/2C17H15.C6H11.3CH3.Hf.H2Si/c2*1-12-6-3-9-15(13(12)2)17-11-5-8-14-7-4-10-16(14)17;1-2-4-6-5-3-1;;;;;/h2*3-11H,1-2H3;1H,2-6H2;3*1H3;;1H2. The summed E-state index contributed by atoms with van der Waals surface area (Å²) in [5, 5.41) is 0. The van der Waals surface area contributed by atoms with E-state index in [1.165, 1.54) is 87.7 Å². The third-order valence-electron chi connectivity index (χ3n) is 14.3. The molecule has 2 heteroatoms.